The molecule has 2 heterocycles. The van der Waals surface area contributed by atoms with Crippen molar-refractivity contribution in [2.45, 2.75) is 24.5 Å². The Labute approximate surface area is 235 Å². The van der Waals surface area contributed by atoms with E-state index in [0.717, 1.165) is 27.3 Å². The summed E-state index contributed by atoms with van der Waals surface area (Å²) in [7, 11) is 3.98. The summed E-state index contributed by atoms with van der Waals surface area (Å²) in [5, 5.41) is 0. The second-order valence-corrected chi connectivity index (χ2v) is 11.3. The van der Waals surface area contributed by atoms with E-state index in [1.54, 1.807) is 23.3 Å². The number of fused-ring (bicyclic) bond motifs is 1. The van der Waals surface area contributed by atoms with E-state index in [-0.39, 0.29) is 12.2 Å². The Balaban J connectivity index is 1.59. The zero-order chi connectivity index (χ0) is 27.5. The third-order valence-electron chi connectivity index (χ3n) is 6.59. The molecule has 0 saturated carbocycles. The minimum Gasteiger partial charge on any atom is -0.457 e. The highest BCUT2D eigenvalue weighted by atomic mass is 32.2. The van der Waals surface area contributed by atoms with Gasteiger partial charge in [-0.05, 0) is 60.2 Å². The lowest BCUT2D eigenvalue weighted by Crippen LogP contribution is -2.39. The highest BCUT2D eigenvalue weighted by Crippen LogP contribution is 2.32. The summed E-state index contributed by atoms with van der Waals surface area (Å²) < 4.78 is 7.93. The number of carbonyl (C=O) groups excluding carboxylic acids is 1. The fraction of sp³-hybridized carbons (Fsp3) is 0.194. The van der Waals surface area contributed by atoms with Crippen molar-refractivity contribution in [1.82, 2.24) is 4.57 Å². The van der Waals surface area contributed by atoms with E-state index in [1.807, 2.05) is 110 Å². The average Bonchev–Trinajstić information content (AvgIpc) is 3.25. The Bertz CT molecular complexity index is 1700. The van der Waals surface area contributed by atoms with Gasteiger partial charge in [-0.15, -0.1) is 11.8 Å². The summed E-state index contributed by atoms with van der Waals surface area (Å²) in [6.07, 6.45) is 3.89. The standard InChI is InChI=1S/C31H29N3O3S2/c1-20-27(30(36)37-19-22-8-6-5-7-9-22)28(23-12-16-25(38-4)17-13-23)34-29(35)26(39-31(34)32-20)18-21-10-14-24(15-11-21)33(2)3/h5-18,28H,19H2,1-4H3. The number of hydrogen-bond acceptors (Lipinski definition) is 7. The van der Waals surface area contributed by atoms with E-state index >= 15 is 0 Å². The number of thioether (sulfide) groups is 1. The number of hydrogen-bond donors (Lipinski definition) is 0. The molecular formula is C31H29N3O3S2. The van der Waals surface area contributed by atoms with Gasteiger partial charge in [-0.25, -0.2) is 9.79 Å². The smallest absolute Gasteiger partial charge is 0.338 e. The van der Waals surface area contributed by atoms with Gasteiger partial charge in [0.2, 0.25) is 0 Å². The molecule has 3 aromatic carbocycles. The Morgan fingerprint density at radius 3 is 2.38 bits per heavy atom. The maximum Gasteiger partial charge on any atom is 0.338 e. The molecule has 0 fully saturated rings. The number of carbonyl (C=O) groups is 1. The van der Waals surface area contributed by atoms with Crippen LogP contribution < -0.4 is 19.8 Å². The molecule has 0 aliphatic carbocycles. The maximum absolute atomic E-state index is 13.8. The van der Waals surface area contributed by atoms with Gasteiger partial charge in [-0.3, -0.25) is 9.36 Å². The second-order valence-electron chi connectivity index (χ2n) is 9.40. The highest BCUT2D eigenvalue weighted by Gasteiger charge is 2.33. The van der Waals surface area contributed by atoms with Gasteiger partial charge in [0.1, 0.15) is 6.61 Å². The van der Waals surface area contributed by atoms with E-state index in [1.165, 1.54) is 11.3 Å². The number of nitrogens with zero attached hydrogens (tertiary/aromatic N) is 3. The molecule has 5 rings (SSSR count). The van der Waals surface area contributed by atoms with Gasteiger partial charge in [0, 0.05) is 24.7 Å². The van der Waals surface area contributed by atoms with Crippen LogP contribution in [0.25, 0.3) is 6.08 Å². The fourth-order valence-corrected chi connectivity index (χ4v) is 5.96. The fourth-order valence-electron chi connectivity index (χ4n) is 4.51. The zero-order valence-electron chi connectivity index (χ0n) is 22.3. The number of benzene rings is 3. The number of ether oxygens (including phenoxy) is 1. The third-order valence-corrected chi connectivity index (χ3v) is 8.32. The Morgan fingerprint density at radius 2 is 1.74 bits per heavy atom. The van der Waals surface area contributed by atoms with E-state index in [0.29, 0.717) is 20.6 Å². The van der Waals surface area contributed by atoms with Gasteiger partial charge in [0.15, 0.2) is 4.80 Å². The molecule has 0 amide bonds. The Hall–Kier alpha value is -3.88. The van der Waals surface area contributed by atoms with Crippen LogP contribution in [0.15, 0.2) is 105 Å². The van der Waals surface area contributed by atoms with Gasteiger partial charge in [-0.1, -0.05) is 65.9 Å². The van der Waals surface area contributed by atoms with Crippen molar-refractivity contribution in [3.63, 3.8) is 0 Å². The van der Waals surface area contributed by atoms with Crippen LogP contribution in [0.2, 0.25) is 0 Å². The molecule has 198 valence electrons. The van der Waals surface area contributed by atoms with Crippen molar-refractivity contribution < 1.29 is 9.53 Å². The normalized spacial score (nSPS) is 15.1. The summed E-state index contributed by atoms with van der Waals surface area (Å²) >= 11 is 2.97. The number of esters is 1. The molecule has 1 unspecified atom stereocenters. The minimum absolute atomic E-state index is 0.141. The number of allylic oxidation sites excluding steroid dienone is 1. The first kappa shape index (κ1) is 26.7. The van der Waals surface area contributed by atoms with Crippen molar-refractivity contribution in [2.24, 2.45) is 4.99 Å². The number of anilines is 1. The molecule has 1 aromatic heterocycles. The lowest BCUT2D eigenvalue weighted by Gasteiger charge is -2.25. The quantitative estimate of drug-likeness (QED) is 0.243. The molecule has 1 aliphatic rings. The minimum atomic E-state index is -0.640. The maximum atomic E-state index is 13.8. The topological polar surface area (TPSA) is 63.9 Å². The number of aromatic nitrogens is 1. The van der Waals surface area contributed by atoms with Crippen LogP contribution in [-0.2, 0) is 16.1 Å². The molecule has 0 N–H and O–H groups in total. The van der Waals surface area contributed by atoms with E-state index in [4.69, 9.17) is 9.73 Å². The van der Waals surface area contributed by atoms with E-state index in [2.05, 4.69) is 0 Å². The zero-order valence-corrected chi connectivity index (χ0v) is 23.9. The molecule has 4 aromatic rings. The lowest BCUT2D eigenvalue weighted by molar-refractivity contribution is -0.140. The van der Waals surface area contributed by atoms with Crippen molar-refractivity contribution in [2.75, 3.05) is 25.3 Å². The van der Waals surface area contributed by atoms with E-state index < -0.39 is 12.0 Å². The largest absolute Gasteiger partial charge is 0.457 e. The summed E-state index contributed by atoms with van der Waals surface area (Å²) in [4.78, 5) is 35.8. The predicted molar refractivity (Wildman–Crippen MR) is 159 cm³/mol. The summed E-state index contributed by atoms with van der Waals surface area (Å²) in [6, 6.07) is 24.9. The summed E-state index contributed by atoms with van der Waals surface area (Å²) in [5.74, 6) is -0.479. The van der Waals surface area contributed by atoms with Crippen LogP contribution >= 0.6 is 23.1 Å². The molecular weight excluding hydrogens is 526 g/mol. The Morgan fingerprint density at radius 1 is 1.05 bits per heavy atom. The molecule has 0 bridgehead atoms. The van der Waals surface area contributed by atoms with Crippen molar-refractivity contribution >= 4 is 40.8 Å². The first-order valence-electron chi connectivity index (χ1n) is 12.5. The summed E-state index contributed by atoms with van der Waals surface area (Å²) in [6.45, 7) is 1.95. The molecule has 0 radical (unpaired) electrons. The van der Waals surface area contributed by atoms with Crippen LogP contribution in [0.1, 0.15) is 29.7 Å². The first-order valence-corrected chi connectivity index (χ1v) is 14.5. The Kier molecular flexibility index (Phi) is 7.86. The van der Waals surface area contributed by atoms with Crippen LogP contribution in [-0.4, -0.2) is 30.9 Å². The van der Waals surface area contributed by atoms with Crippen LogP contribution in [0.5, 0.6) is 0 Å². The highest BCUT2D eigenvalue weighted by molar-refractivity contribution is 7.98. The predicted octanol–water partition coefficient (Wildman–Crippen LogP) is 4.77. The molecule has 1 atom stereocenters. The van der Waals surface area contributed by atoms with Gasteiger partial charge in [-0.2, -0.15) is 0 Å². The van der Waals surface area contributed by atoms with Gasteiger partial charge >= 0.3 is 5.97 Å². The van der Waals surface area contributed by atoms with Crippen molar-refractivity contribution in [1.29, 1.82) is 0 Å². The van der Waals surface area contributed by atoms with Crippen molar-refractivity contribution in [3.05, 3.63) is 127 Å². The molecule has 1 aliphatic heterocycles. The average molecular weight is 556 g/mol. The van der Waals surface area contributed by atoms with Gasteiger partial charge in [0.05, 0.1) is 21.8 Å². The van der Waals surface area contributed by atoms with Gasteiger partial charge in [0.25, 0.3) is 5.56 Å². The first-order chi connectivity index (χ1) is 18.9. The van der Waals surface area contributed by atoms with Crippen LogP contribution in [0, 0.1) is 0 Å². The molecule has 8 heteroatoms. The summed E-state index contributed by atoms with van der Waals surface area (Å²) in [5.41, 5.74) is 4.46. The third kappa shape index (κ3) is 5.62. The molecule has 0 spiro atoms. The monoisotopic (exact) mass is 555 g/mol. The van der Waals surface area contributed by atoms with Crippen LogP contribution in [0.3, 0.4) is 0 Å². The molecule has 0 saturated heterocycles. The molecule has 6 nitrogen and oxygen atoms in total. The molecule has 39 heavy (non-hydrogen) atoms. The number of rotatable bonds is 7. The van der Waals surface area contributed by atoms with E-state index in [9.17, 15) is 9.59 Å². The SMILES string of the molecule is CSc1ccc(C2C(C(=O)OCc3ccccc3)=C(C)N=c3sc(=Cc4ccc(N(C)C)cc4)c(=O)n32)cc1. The second kappa shape index (κ2) is 11.5. The number of thiazole rings is 1. The lowest BCUT2D eigenvalue weighted by atomic mass is 9.96. The van der Waals surface area contributed by atoms with Gasteiger partial charge < -0.3 is 9.64 Å². The van der Waals surface area contributed by atoms with Crippen LogP contribution in [0.4, 0.5) is 5.69 Å². The van der Waals surface area contributed by atoms with Crippen molar-refractivity contribution in [3.8, 4) is 0 Å².